The van der Waals surface area contributed by atoms with Crippen LogP contribution in [0.4, 0.5) is 0 Å². The summed E-state index contributed by atoms with van der Waals surface area (Å²) in [5, 5.41) is 3.21. The topological polar surface area (TPSA) is 55.1 Å². The molecule has 1 saturated carbocycles. The van der Waals surface area contributed by atoms with Crippen LogP contribution in [0.25, 0.3) is 0 Å². The molecule has 0 radical (unpaired) electrons. The Balaban J connectivity index is 2.27. The van der Waals surface area contributed by atoms with Gasteiger partial charge in [-0.3, -0.25) is 4.79 Å². The average molecular weight is 268 g/mol. The fourth-order valence-corrected chi connectivity index (χ4v) is 3.19. The third-order valence-electron chi connectivity index (χ3n) is 4.40. The van der Waals surface area contributed by atoms with E-state index in [4.69, 9.17) is 5.73 Å². The molecule has 1 amide bonds. The van der Waals surface area contributed by atoms with Crippen LogP contribution in [0.15, 0.2) is 0 Å². The Morgan fingerprint density at radius 2 is 1.89 bits per heavy atom. The lowest BCUT2D eigenvalue weighted by Crippen LogP contribution is -2.39. The number of nitrogens with one attached hydrogen (secondary N) is 1. The van der Waals surface area contributed by atoms with Crippen molar-refractivity contribution in [3.05, 3.63) is 0 Å². The van der Waals surface area contributed by atoms with Gasteiger partial charge in [0.2, 0.25) is 5.91 Å². The first-order valence-electron chi connectivity index (χ1n) is 8.04. The Morgan fingerprint density at radius 1 is 1.26 bits per heavy atom. The molecular weight excluding hydrogens is 236 g/mol. The van der Waals surface area contributed by atoms with E-state index in [1.807, 2.05) is 0 Å². The Hall–Kier alpha value is -0.570. The normalized spacial score (nSPS) is 25.3. The third-order valence-corrected chi connectivity index (χ3v) is 4.40. The van der Waals surface area contributed by atoms with Gasteiger partial charge in [-0.25, -0.2) is 0 Å². The van der Waals surface area contributed by atoms with Gasteiger partial charge >= 0.3 is 0 Å². The Morgan fingerprint density at radius 3 is 2.37 bits per heavy atom. The SMILES string of the molecule is CCC1CCC(NC(=O)C[C@@H](CN)CC(C)C)CC1. The number of carbonyl (C=O) groups excluding carboxylic acids is 1. The van der Waals surface area contributed by atoms with Crippen LogP contribution in [0.1, 0.15) is 65.7 Å². The Kier molecular flexibility index (Phi) is 7.44. The first-order valence-corrected chi connectivity index (χ1v) is 8.04. The molecule has 1 aliphatic carbocycles. The van der Waals surface area contributed by atoms with Gasteiger partial charge in [0.1, 0.15) is 0 Å². The van der Waals surface area contributed by atoms with Crippen molar-refractivity contribution in [2.24, 2.45) is 23.5 Å². The molecule has 0 aromatic heterocycles. The average Bonchev–Trinajstić information content (AvgIpc) is 2.38. The molecule has 0 aromatic rings. The molecule has 1 aliphatic rings. The van der Waals surface area contributed by atoms with Gasteiger partial charge in [-0.05, 0) is 56.4 Å². The number of hydrogen-bond donors (Lipinski definition) is 2. The predicted molar refractivity (Wildman–Crippen MR) is 80.8 cm³/mol. The predicted octanol–water partition coefficient (Wildman–Crippen LogP) is 3.08. The van der Waals surface area contributed by atoms with Crippen LogP contribution < -0.4 is 11.1 Å². The van der Waals surface area contributed by atoms with Crippen LogP contribution in [0.5, 0.6) is 0 Å². The van der Waals surface area contributed by atoms with Crippen LogP contribution in [-0.4, -0.2) is 18.5 Å². The number of amides is 1. The first kappa shape index (κ1) is 16.5. The minimum atomic E-state index is 0.205. The van der Waals surface area contributed by atoms with E-state index < -0.39 is 0 Å². The summed E-state index contributed by atoms with van der Waals surface area (Å²) in [4.78, 5) is 12.0. The molecule has 3 N–H and O–H groups in total. The first-order chi connectivity index (χ1) is 9.05. The van der Waals surface area contributed by atoms with Crippen molar-refractivity contribution in [1.29, 1.82) is 0 Å². The highest BCUT2D eigenvalue weighted by Crippen LogP contribution is 2.26. The van der Waals surface area contributed by atoms with E-state index in [0.717, 1.165) is 25.2 Å². The molecular formula is C16H32N2O. The zero-order valence-electron chi connectivity index (χ0n) is 13.0. The van der Waals surface area contributed by atoms with Crippen LogP contribution >= 0.6 is 0 Å². The number of hydrogen-bond acceptors (Lipinski definition) is 2. The number of rotatable bonds is 7. The summed E-state index contributed by atoms with van der Waals surface area (Å²) >= 11 is 0. The van der Waals surface area contributed by atoms with Crippen LogP contribution in [0.2, 0.25) is 0 Å². The van der Waals surface area contributed by atoms with Crippen LogP contribution in [0, 0.1) is 17.8 Å². The molecule has 0 aromatic carbocycles. The highest BCUT2D eigenvalue weighted by atomic mass is 16.1. The second-order valence-electron chi connectivity index (χ2n) is 6.63. The van der Waals surface area contributed by atoms with E-state index in [2.05, 4.69) is 26.1 Å². The molecule has 0 unspecified atom stereocenters. The fourth-order valence-electron chi connectivity index (χ4n) is 3.19. The van der Waals surface area contributed by atoms with E-state index in [1.165, 1.54) is 19.3 Å². The molecule has 0 heterocycles. The van der Waals surface area contributed by atoms with Gasteiger partial charge in [0, 0.05) is 12.5 Å². The number of carbonyl (C=O) groups is 1. The van der Waals surface area contributed by atoms with Crippen molar-refractivity contribution in [2.45, 2.75) is 71.8 Å². The minimum absolute atomic E-state index is 0.205. The zero-order valence-corrected chi connectivity index (χ0v) is 13.0. The van der Waals surface area contributed by atoms with Gasteiger partial charge in [-0.1, -0.05) is 27.2 Å². The minimum Gasteiger partial charge on any atom is -0.353 e. The lowest BCUT2D eigenvalue weighted by molar-refractivity contribution is -0.123. The second-order valence-corrected chi connectivity index (χ2v) is 6.63. The monoisotopic (exact) mass is 268 g/mol. The molecule has 19 heavy (non-hydrogen) atoms. The van der Waals surface area contributed by atoms with Crippen molar-refractivity contribution in [2.75, 3.05) is 6.54 Å². The zero-order chi connectivity index (χ0) is 14.3. The van der Waals surface area contributed by atoms with Crippen molar-refractivity contribution >= 4 is 5.91 Å². The molecule has 1 rings (SSSR count). The van der Waals surface area contributed by atoms with Gasteiger partial charge < -0.3 is 11.1 Å². The number of nitrogens with two attached hydrogens (primary N) is 1. The maximum absolute atomic E-state index is 12.0. The van der Waals surface area contributed by atoms with E-state index in [1.54, 1.807) is 0 Å². The van der Waals surface area contributed by atoms with E-state index in [9.17, 15) is 4.79 Å². The molecule has 0 aliphatic heterocycles. The lowest BCUT2D eigenvalue weighted by atomic mass is 9.84. The van der Waals surface area contributed by atoms with Gasteiger partial charge in [-0.2, -0.15) is 0 Å². The smallest absolute Gasteiger partial charge is 0.220 e. The summed E-state index contributed by atoms with van der Waals surface area (Å²) in [6.45, 7) is 7.26. The highest BCUT2D eigenvalue weighted by molar-refractivity contribution is 5.76. The standard InChI is InChI=1S/C16H32N2O/c1-4-13-5-7-15(8-6-13)18-16(19)10-14(11-17)9-12(2)3/h12-15H,4-11,17H2,1-3H3,(H,18,19)/t13?,14-,15?/m0/s1. The molecule has 3 heteroatoms. The van der Waals surface area contributed by atoms with Crippen molar-refractivity contribution in [3.8, 4) is 0 Å². The summed E-state index contributed by atoms with van der Waals surface area (Å²) in [6.07, 6.45) is 7.78. The fraction of sp³-hybridized carbons (Fsp3) is 0.938. The van der Waals surface area contributed by atoms with Gasteiger partial charge in [0.05, 0.1) is 0 Å². The maximum atomic E-state index is 12.0. The Labute approximate surface area is 118 Å². The Bertz CT molecular complexity index is 257. The van der Waals surface area contributed by atoms with Crippen LogP contribution in [-0.2, 0) is 4.79 Å². The van der Waals surface area contributed by atoms with Crippen molar-refractivity contribution < 1.29 is 4.79 Å². The molecule has 1 atom stereocenters. The summed E-state index contributed by atoms with van der Waals surface area (Å²) in [6, 6.07) is 0.410. The molecule has 112 valence electrons. The molecule has 1 fully saturated rings. The van der Waals surface area contributed by atoms with Crippen molar-refractivity contribution in [1.82, 2.24) is 5.32 Å². The summed E-state index contributed by atoms with van der Waals surface area (Å²) in [5.74, 6) is 2.04. The third kappa shape index (κ3) is 6.42. The second kappa shape index (κ2) is 8.57. The molecule has 0 bridgehead atoms. The largest absolute Gasteiger partial charge is 0.353 e. The van der Waals surface area contributed by atoms with Gasteiger partial charge in [0.25, 0.3) is 0 Å². The van der Waals surface area contributed by atoms with E-state index in [0.29, 0.717) is 30.8 Å². The molecule has 0 saturated heterocycles. The summed E-state index contributed by atoms with van der Waals surface area (Å²) in [5.41, 5.74) is 5.76. The summed E-state index contributed by atoms with van der Waals surface area (Å²) in [7, 11) is 0. The van der Waals surface area contributed by atoms with Crippen molar-refractivity contribution in [3.63, 3.8) is 0 Å². The summed E-state index contributed by atoms with van der Waals surface area (Å²) < 4.78 is 0. The van der Waals surface area contributed by atoms with E-state index >= 15 is 0 Å². The lowest BCUT2D eigenvalue weighted by Gasteiger charge is -2.29. The quantitative estimate of drug-likeness (QED) is 0.745. The van der Waals surface area contributed by atoms with E-state index in [-0.39, 0.29) is 5.91 Å². The van der Waals surface area contributed by atoms with Gasteiger partial charge in [-0.15, -0.1) is 0 Å². The highest BCUT2D eigenvalue weighted by Gasteiger charge is 2.22. The van der Waals surface area contributed by atoms with Crippen LogP contribution in [0.3, 0.4) is 0 Å². The van der Waals surface area contributed by atoms with Gasteiger partial charge in [0.15, 0.2) is 0 Å². The maximum Gasteiger partial charge on any atom is 0.220 e. The molecule has 3 nitrogen and oxygen atoms in total. The molecule has 0 spiro atoms.